The van der Waals surface area contributed by atoms with Crippen LogP contribution >= 0.6 is 15.9 Å². The number of nitrogens with zero attached hydrogens (tertiary/aromatic N) is 2. The Labute approximate surface area is 101 Å². The smallest absolute Gasteiger partial charge is 0.223 e. The van der Waals surface area contributed by atoms with Gasteiger partial charge < -0.3 is 21.9 Å². The van der Waals surface area contributed by atoms with Crippen LogP contribution in [0.25, 0.3) is 0 Å². The van der Waals surface area contributed by atoms with Crippen LogP contribution in [0.1, 0.15) is 0 Å². The third-order valence-corrected chi connectivity index (χ3v) is 2.30. The van der Waals surface area contributed by atoms with Crippen molar-refractivity contribution in [3.8, 4) is 5.75 Å². The van der Waals surface area contributed by atoms with Gasteiger partial charge in [0.1, 0.15) is 5.75 Å². The molecule has 6 N–H and O–H groups in total. The molecule has 0 radical (unpaired) electrons. The number of hydrogen-bond donors (Lipinski definition) is 3. The molecule has 0 saturated carbocycles. The van der Waals surface area contributed by atoms with Crippen molar-refractivity contribution in [2.45, 2.75) is 0 Å². The molecule has 0 heterocycles. The van der Waals surface area contributed by atoms with Gasteiger partial charge in [0.05, 0.1) is 12.8 Å². The van der Waals surface area contributed by atoms with Crippen molar-refractivity contribution in [1.29, 1.82) is 0 Å². The van der Waals surface area contributed by atoms with E-state index in [2.05, 4.69) is 25.9 Å². The SMILES string of the molecule is COc1ccc(Br)c(N=C(N)N=C(N)N)c1. The van der Waals surface area contributed by atoms with E-state index in [-0.39, 0.29) is 11.9 Å². The van der Waals surface area contributed by atoms with Crippen molar-refractivity contribution in [1.82, 2.24) is 0 Å². The molecule has 16 heavy (non-hydrogen) atoms. The molecule has 0 unspecified atom stereocenters. The number of guanidine groups is 2. The van der Waals surface area contributed by atoms with Crippen LogP contribution in [0, 0.1) is 0 Å². The molecule has 6 nitrogen and oxygen atoms in total. The highest BCUT2D eigenvalue weighted by Gasteiger charge is 2.01. The van der Waals surface area contributed by atoms with E-state index in [1.807, 2.05) is 0 Å². The van der Waals surface area contributed by atoms with Gasteiger partial charge in [0.2, 0.25) is 5.96 Å². The number of methoxy groups -OCH3 is 1. The Bertz CT molecular complexity index is 440. The lowest BCUT2D eigenvalue weighted by Crippen LogP contribution is -2.26. The highest BCUT2D eigenvalue weighted by Crippen LogP contribution is 2.29. The van der Waals surface area contributed by atoms with Gasteiger partial charge in [0, 0.05) is 10.5 Å². The summed E-state index contributed by atoms with van der Waals surface area (Å²) >= 11 is 3.33. The number of benzene rings is 1. The summed E-state index contributed by atoms with van der Waals surface area (Å²) in [6.07, 6.45) is 0. The molecule has 1 aromatic carbocycles. The van der Waals surface area contributed by atoms with E-state index in [0.29, 0.717) is 11.4 Å². The van der Waals surface area contributed by atoms with Crippen molar-refractivity contribution in [2.24, 2.45) is 27.2 Å². The molecule has 1 rings (SSSR count). The number of halogens is 1. The Morgan fingerprint density at radius 1 is 1.31 bits per heavy atom. The minimum atomic E-state index is -0.139. The summed E-state index contributed by atoms with van der Waals surface area (Å²) in [4.78, 5) is 7.63. The normalized spacial score (nSPS) is 11.0. The Balaban J connectivity index is 3.08. The molecule has 0 atom stereocenters. The topological polar surface area (TPSA) is 112 Å². The number of nitrogens with two attached hydrogens (primary N) is 3. The van der Waals surface area contributed by atoms with Gasteiger partial charge in [-0.25, -0.2) is 4.99 Å². The third-order valence-electron chi connectivity index (χ3n) is 1.63. The van der Waals surface area contributed by atoms with Crippen LogP contribution < -0.4 is 21.9 Å². The Morgan fingerprint density at radius 3 is 2.56 bits per heavy atom. The Kier molecular flexibility index (Phi) is 4.12. The summed E-state index contributed by atoms with van der Waals surface area (Å²) in [6, 6.07) is 5.29. The Hall–Kier alpha value is -1.76. The predicted octanol–water partition coefficient (Wildman–Crippen LogP) is 0.677. The second-order valence-electron chi connectivity index (χ2n) is 2.82. The summed E-state index contributed by atoms with van der Waals surface area (Å²) in [6.45, 7) is 0. The average Bonchev–Trinajstić information content (AvgIpc) is 2.20. The van der Waals surface area contributed by atoms with Crippen molar-refractivity contribution in [3.05, 3.63) is 22.7 Å². The zero-order valence-electron chi connectivity index (χ0n) is 8.64. The zero-order valence-corrected chi connectivity index (χ0v) is 10.2. The molecule has 0 bridgehead atoms. The minimum absolute atomic E-state index is 0.0195. The largest absolute Gasteiger partial charge is 0.497 e. The molecule has 0 aromatic heterocycles. The molecule has 0 spiro atoms. The molecule has 0 fully saturated rings. The van der Waals surface area contributed by atoms with E-state index >= 15 is 0 Å². The van der Waals surface area contributed by atoms with E-state index in [1.54, 1.807) is 25.3 Å². The van der Waals surface area contributed by atoms with E-state index in [9.17, 15) is 0 Å². The number of ether oxygens (including phenoxy) is 1. The summed E-state index contributed by atoms with van der Waals surface area (Å²) < 4.78 is 5.82. The van der Waals surface area contributed by atoms with Crippen molar-refractivity contribution < 1.29 is 4.74 Å². The van der Waals surface area contributed by atoms with Crippen molar-refractivity contribution in [3.63, 3.8) is 0 Å². The fraction of sp³-hybridized carbons (Fsp3) is 0.111. The lowest BCUT2D eigenvalue weighted by molar-refractivity contribution is 0.415. The van der Waals surface area contributed by atoms with Gasteiger partial charge >= 0.3 is 0 Å². The first kappa shape index (κ1) is 12.3. The second-order valence-corrected chi connectivity index (χ2v) is 3.68. The lowest BCUT2D eigenvalue weighted by atomic mass is 10.3. The molecular formula is C9H12BrN5O. The maximum atomic E-state index is 5.51. The fourth-order valence-corrected chi connectivity index (χ4v) is 1.32. The van der Waals surface area contributed by atoms with Crippen LogP contribution in [0.5, 0.6) is 5.75 Å². The van der Waals surface area contributed by atoms with Crippen molar-refractivity contribution in [2.75, 3.05) is 7.11 Å². The van der Waals surface area contributed by atoms with Gasteiger partial charge in [-0.05, 0) is 28.1 Å². The van der Waals surface area contributed by atoms with Gasteiger partial charge in [-0.15, -0.1) is 0 Å². The molecule has 1 aromatic rings. The highest BCUT2D eigenvalue weighted by molar-refractivity contribution is 9.10. The summed E-state index contributed by atoms with van der Waals surface area (Å²) in [5, 5.41) is 0. The average molecular weight is 286 g/mol. The zero-order chi connectivity index (χ0) is 12.1. The van der Waals surface area contributed by atoms with Crippen LogP contribution in [-0.4, -0.2) is 19.0 Å². The van der Waals surface area contributed by atoms with Crippen LogP contribution in [0.2, 0.25) is 0 Å². The first-order valence-electron chi connectivity index (χ1n) is 4.30. The van der Waals surface area contributed by atoms with Gasteiger partial charge in [0.15, 0.2) is 5.96 Å². The number of aliphatic imine (C=N–C) groups is 2. The van der Waals surface area contributed by atoms with E-state index in [4.69, 9.17) is 21.9 Å². The van der Waals surface area contributed by atoms with Gasteiger partial charge in [0.25, 0.3) is 0 Å². The Morgan fingerprint density at radius 2 is 2.00 bits per heavy atom. The fourth-order valence-electron chi connectivity index (χ4n) is 0.986. The molecule has 0 amide bonds. The maximum Gasteiger partial charge on any atom is 0.223 e. The lowest BCUT2D eigenvalue weighted by Gasteiger charge is -2.03. The molecule has 86 valence electrons. The molecular weight excluding hydrogens is 274 g/mol. The third kappa shape index (κ3) is 3.43. The maximum absolute atomic E-state index is 5.51. The van der Waals surface area contributed by atoms with Crippen LogP contribution in [0.3, 0.4) is 0 Å². The highest BCUT2D eigenvalue weighted by atomic mass is 79.9. The quantitative estimate of drug-likeness (QED) is 0.548. The van der Waals surface area contributed by atoms with Crippen LogP contribution in [0.4, 0.5) is 5.69 Å². The van der Waals surface area contributed by atoms with Crippen LogP contribution in [0.15, 0.2) is 32.7 Å². The monoisotopic (exact) mass is 285 g/mol. The minimum Gasteiger partial charge on any atom is -0.497 e. The first-order chi connectivity index (χ1) is 7.52. The van der Waals surface area contributed by atoms with E-state index < -0.39 is 0 Å². The molecule has 7 heteroatoms. The first-order valence-corrected chi connectivity index (χ1v) is 5.09. The standard InChI is InChI=1S/C9H12BrN5O/c1-16-5-2-3-6(10)7(4-5)14-9(13)15-8(11)12/h2-4H,1H3,(H6,11,12,13,14,15). The second kappa shape index (κ2) is 5.36. The summed E-state index contributed by atoms with van der Waals surface area (Å²) in [5.74, 6) is 0.508. The van der Waals surface area contributed by atoms with Gasteiger partial charge in [-0.3, -0.25) is 0 Å². The van der Waals surface area contributed by atoms with Crippen LogP contribution in [-0.2, 0) is 0 Å². The summed E-state index contributed by atoms with van der Waals surface area (Å²) in [7, 11) is 1.57. The molecule has 0 aliphatic heterocycles. The van der Waals surface area contributed by atoms with Crippen molar-refractivity contribution >= 4 is 33.5 Å². The predicted molar refractivity (Wildman–Crippen MR) is 67.8 cm³/mol. The number of hydrogen-bond acceptors (Lipinski definition) is 2. The molecule has 0 saturated heterocycles. The molecule has 0 aliphatic carbocycles. The van der Waals surface area contributed by atoms with E-state index in [0.717, 1.165) is 4.47 Å². The summed E-state index contributed by atoms with van der Waals surface area (Å²) in [5.41, 5.74) is 16.4. The van der Waals surface area contributed by atoms with Gasteiger partial charge in [-0.2, -0.15) is 4.99 Å². The number of rotatable bonds is 2. The van der Waals surface area contributed by atoms with E-state index in [1.165, 1.54) is 0 Å². The molecule has 0 aliphatic rings. The van der Waals surface area contributed by atoms with Gasteiger partial charge in [-0.1, -0.05) is 0 Å².